The van der Waals surface area contributed by atoms with Crippen LogP contribution in [0.2, 0.25) is 0 Å². The van der Waals surface area contributed by atoms with Crippen molar-refractivity contribution in [3.05, 3.63) is 13.5 Å². The molecule has 0 aromatic heterocycles. The average Bonchev–Trinajstić information content (AvgIpc) is 2.10. The van der Waals surface area contributed by atoms with Crippen molar-refractivity contribution in [1.82, 2.24) is 0 Å². The predicted octanol–water partition coefficient (Wildman–Crippen LogP) is 3.45. The van der Waals surface area contributed by atoms with E-state index in [4.69, 9.17) is 5.73 Å². The zero-order chi connectivity index (χ0) is 9.07. The molecule has 0 aromatic rings. The van der Waals surface area contributed by atoms with Crippen LogP contribution in [-0.2, 0) is 0 Å². The van der Waals surface area contributed by atoms with E-state index in [1.807, 2.05) is 0 Å². The monoisotopic (exact) mass is 169 g/mol. The number of unbranched alkanes of at least 4 members (excludes halogenated alkanes) is 8. The summed E-state index contributed by atoms with van der Waals surface area (Å²) in [5.74, 6) is 0. The Balaban J connectivity index is 2.73. The Kier molecular flexibility index (Phi) is 10.9. The van der Waals surface area contributed by atoms with Crippen LogP contribution < -0.4 is 5.73 Å². The molecule has 0 aromatic carbocycles. The van der Waals surface area contributed by atoms with Gasteiger partial charge in [0.05, 0.1) is 0 Å². The van der Waals surface area contributed by atoms with E-state index in [2.05, 4.69) is 6.92 Å². The highest BCUT2D eigenvalue weighted by Gasteiger charge is 1.90. The van der Waals surface area contributed by atoms with Gasteiger partial charge in [-0.2, -0.15) is 0 Å². The van der Waals surface area contributed by atoms with Gasteiger partial charge in [0.1, 0.15) is 0 Å². The molecule has 1 nitrogen and oxygen atoms in total. The molecule has 0 bridgehead atoms. The van der Waals surface area contributed by atoms with Crippen molar-refractivity contribution in [1.29, 1.82) is 0 Å². The summed E-state index contributed by atoms with van der Waals surface area (Å²) in [6, 6.07) is 0. The normalized spacial score (nSPS) is 10.5. The van der Waals surface area contributed by atoms with Gasteiger partial charge in [-0.05, 0) is 6.42 Å². The van der Waals surface area contributed by atoms with Gasteiger partial charge in [0.2, 0.25) is 0 Å². The highest BCUT2D eigenvalue weighted by molar-refractivity contribution is 4.54. The quantitative estimate of drug-likeness (QED) is 0.526. The molecule has 0 spiro atoms. The largest absolute Gasteiger partial charge is 0.326 e. The summed E-state index contributed by atoms with van der Waals surface area (Å²) in [5.41, 5.74) is 5.28. The number of hydrogen-bond donors (Lipinski definition) is 1. The second kappa shape index (κ2) is 11.0. The van der Waals surface area contributed by atoms with Gasteiger partial charge in [-0.15, -0.1) is 0 Å². The van der Waals surface area contributed by atoms with E-state index < -0.39 is 0 Å². The van der Waals surface area contributed by atoms with Gasteiger partial charge in [-0.1, -0.05) is 58.3 Å². The molecule has 0 aliphatic heterocycles. The van der Waals surface area contributed by atoms with Crippen molar-refractivity contribution in [2.75, 3.05) is 0 Å². The molecular formula is C11H23N. The summed E-state index contributed by atoms with van der Waals surface area (Å²) in [5, 5.41) is 0. The molecule has 0 rings (SSSR count). The standard InChI is InChI=1S/C11H23N/c1-2-3-4-5-6-7-8-9-10-11-12/h11H,1-10,12H2. The van der Waals surface area contributed by atoms with Gasteiger partial charge >= 0.3 is 0 Å². The first kappa shape index (κ1) is 12.0. The zero-order valence-electron chi connectivity index (χ0n) is 8.23. The van der Waals surface area contributed by atoms with Gasteiger partial charge < -0.3 is 5.73 Å². The van der Waals surface area contributed by atoms with Crippen molar-refractivity contribution < 1.29 is 0 Å². The predicted molar refractivity (Wildman–Crippen MR) is 55.4 cm³/mol. The fraction of sp³-hybridized carbons (Fsp3) is 0.818. The second-order valence-corrected chi connectivity index (χ2v) is 3.35. The number of hydrogen-bond acceptors (Lipinski definition) is 1. The van der Waals surface area contributed by atoms with Crippen LogP contribution in [0.1, 0.15) is 57.8 Å². The highest BCUT2D eigenvalue weighted by atomic mass is 14.5. The number of nitrogens with two attached hydrogens (primary N) is 1. The fourth-order valence-electron chi connectivity index (χ4n) is 1.32. The van der Waals surface area contributed by atoms with Gasteiger partial charge in [0.25, 0.3) is 0 Å². The van der Waals surface area contributed by atoms with E-state index in [1.165, 1.54) is 44.9 Å². The van der Waals surface area contributed by atoms with Crippen LogP contribution in [0.3, 0.4) is 0 Å². The lowest BCUT2D eigenvalue weighted by Gasteiger charge is -1.99. The SMILES string of the molecule is [CH2]CCCCCCCCC[CH]N. The molecule has 0 saturated carbocycles. The summed E-state index contributed by atoms with van der Waals surface area (Å²) >= 11 is 0. The zero-order valence-corrected chi connectivity index (χ0v) is 8.23. The van der Waals surface area contributed by atoms with Crippen LogP contribution in [0.4, 0.5) is 0 Å². The van der Waals surface area contributed by atoms with E-state index in [9.17, 15) is 0 Å². The minimum absolute atomic E-state index is 1.08. The Labute approximate surface area is 77.7 Å². The maximum Gasteiger partial charge on any atom is 0.0192 e. The molecule has 2 radical (unpaired) electrons. The van der Waals surface area contributed by atoms with E-state index in [-0.39, 0.29) is 0 Å². The summed E-state index contributed by atoms with van der Waals surface area (Å²) in [4.78, 5) is 0. The molecular weight excluding hydrogens is 146 g/mol. The van der Waals surface area contributed by atoms with Crippen LogP contribution in [0.5, 0.6) is 0 Å². The van der Waals surface area contributed by atoms with E-state index >= 15 is 0 Å². The third-order valence-electron chi connectivity index (χ3n) is 2.12. The first-order valence-electron chi connectivity index (χ1n) is 5.24. The van der Waals surface area contributed by atoms with Crippen molar-refractivity contribution in [2.45, 2.75) is 57.8 Å². The lowest BCUT2D eigenvalue weighted by atomic mass is 10.1. The topological polar surface area (TPSA) is 26.0 Å². The lowest BCUT2D eigenvalue weighted by molar-refractivity contribution is 0.579. The van der Waals surface area contributed by atoms with Crippen LogP contribution in [0, 0.1) is 13.5 Å². The molecule has 12 heavy (non-hydrogen) atoms. The first-order chi connectivity index (χ1) is 5.91. The highest BCUT2D eigenvalue weighted by Crippen LogP contribution is 2.09. The fourth-order valence-corrected chi connectivity index (χ4v) is 1.32. The average molecular weight is 169 g/mol. The molecule has 0 aliphatic rings. The minimum atomic E-state index is 1.08. The molecule has 0 heterocycles. The summed E-state index contributed by atoms with van der Waals surface area (Å²) in [6.07, 6.45) is 11.6. The Morgan fingerprint density at radius 3 is 1.83 bits per heavy atom. The molecule has 0 fully saturated rings. The molecule has 72 valence electrons. The van der Waals surface area contributed by atoms with Crippen LogP contribution in [0.15, 0.2) is 0 Å². The number of rotatable bonds is 9. The molecule has 0 saturated heterocycles. The molecule has 0 unspecified atom stereocenters. The Morgan fingerprint density at radius 2 is 1.33 bits per heavy atom. The maximum absolute atomic E-state index is 5.28. The van der Waals surface area contributed by atoms with Crippen molar-refractivity contribution in [3.63, 3.8) is 0 Å². The van der Waals surface area contributed by atoms with Crippen molar-refractivity contribution >= 4 is 0 Å². The molecule has 2 N–H and O–H groups in total. The van der Waals surface area contributed by atoms with Crippen molar-refractivity contribution in [3.8, 4) is 0 Å². The Bertz CT molecular complexity index is 61.4. The molecule has 1 heteroatoms. The molecule has 0 amide bonds. The summed E-state index contributed by atoms with van der Waals surface area (Å²) < 4.78 is 0. The third-order valence-corrected chi connectivity index (χ3v) is 2.12. The van der Waals surface area contributed by atoms with E-state index in [0.29, 0.717) is 0 Å². The van der Waals surface area contributed by atoms with Crippen LogP contribution in [-0.4, -0.2) is 0 Å². The summed E-state index contributed by atoms with van der Waals surface area (Å²) in [6.45, 7) is 5.59. The van der Waals surface area contributed by atoms with E-state index in [1.54, 1.807) is 6.54 Å². The summed E-state index contributed by atoms with van der Waals surface area (Å²) in [7, 11) is 0. The third kappa shape index (κ3) is 9.96. The van der Waals surface area contributed by atoms with Gasteiger partial charge in [-0.25, -0.2) is 0 Å². The Hall–Kier alpha value is -0.0400. The van der Waals surface area contributed by atoms with E-state index in [0.717, 1.165) is 12.8 Å². The molecule has 0 atom stereocenters. The van der Waals surface area contributed by atoms with Crippen LogP contribution in [0.25, 0.3) is 0 Å². The van der Waals surface area contributed by atoms with Gasteiger partial charge in [-0.3, -0.25) is 0 Å². The maximum atomic E-state index is 5.28. The minimum Gasteiger partial charge on any atom is -0.326 e. The van der Waals surface area contributed by atoms with Crippen molar-refractivity contribution in [2.24, 2.45) is 5.73 Å². The first-order valence-corrected chi connectivity index (χ1v) is 5.24. The van der Waals surface area contributed by atoms with Gasteiger partial charge in [0, 0.05) is 6.54 Å². The lowest BCUT2D eigenvalue weighted by Crippen LogP contribution is -1.89. The smallest absolute Gasteiger partial charge is 0.0192 e. The van der Waals surface area contributed by atoms with Crippen LogP contribution >= 0.6 is 0 Å². The van der Waals surface area contributed by atoms with Gasteiger partial charge in [0.15, 0.2) is 0 Å². The Morgan fingerprint density at radius 1 is 0.833 bits per heavy atom. The molecule has 0 aliphatic carbocycles. The second-order valence-electron chi connectivity index (χ2n) is 3.35.